The quantitative estimate of drug-likeness (QED) is 0.903. The summed E-state index contributed by atoms with van der Waals surface area (Å²) in [5, 5.41) is 14.6. The molecular weight excluding hydrogens is 262 g/mol. The minimum absolute atomic E-state index is 0.107. The maximum absolute atomic E-state index is 11.9. The molecule has 106 valence electrons. The normalized spacial score (nSPS) is 9.76. The van der Waals surface area contributed by atoms with Crippen LogP contribution < -0.4 is 10.6 Å². The van der Waals surface area contributed by atoms with E-state index in [4.69, 9.17) is 5.26 Å². The highest BCUT2D eigenvalue weighted by Gasteiger charge is 2.03. The van der Waals surface area contributed by atoms with Gasteiger partial charge in [-0.2, -0.15) is 5.26 Å². The van der Waals surface area contributed by atoms with E-state index in [-0.39, 0.29) is 12.5 Å². The van der Waals surface area contributed by atoms with Crippen LogP contribution in [0.15, 0.2) is 42.5 Å². The lowest BCUT2D eigenvalue weighted by Crippen LogP contribution is -2.21. The average Bonchev–Trinajstić information content (AvgIpc) is 2.44. The molecular formula is C17H17N3O. The summed E-state index contributed by atoms with van der Waals surface area (Å²) in [4.78, 5) is 11.9. The van der Waals surface area contributed by atoms with Gasteiger partial charge in [0.15, 0.2) is 0 Å². The summed E-state index contributed by atoms with van der Waals surface area (Å²) < 4.78 is 0. The first-order valence-corrected chi connectivity index (χ1v) is 6.69. The average molecular weight is 279 g/mol. The van der Waals surface area contributed by atoms with Gasteiger partial charge in [0.05, 0.1) is 18.2 Å². The molecule has 0 radical (unpaired) electrons. The van der Waals surface area contributed by atoms with Crippen molar-refractivity contribution < 1.29 is 4.79 Å². The number of hydrogen-bond acceptors (Lipinski definition) is 3. The lowest BCUT2D eigenvalue weighted by molar-refractivity contribution is -0.114. The van der Waals surface area contributed by atoms with E-state index < -0.39 is 0 Å². The Balaban J connectivity index is 1.91. The molecule has 0 unspecified atom stereocenters. The monoisotopic (exact) mass is 279 g/mol. The third kappa shape index (κ3) is 4.36. The molecule has 0 aliphatic heterocycles. The maximum atomic E-state index is 11.9. The van der Waals surface area contributed by atoms with Crippen LogP contribution in [0.25, 0.3) is 0 Å². The lowest BCUT2D eigenvalue weighted by Gasteiger charge is -2.09. The third-order valence-corrected chi connectivity index (χ3v) is 2.97. The zero-order chi connectivity index (χ0) is 15.2. The van der Waals surface area contributed by atoms with Gasteiger partial charge in [-0.1, -0.05) is 6.07 Å². The zero-order valence-corrected chi connectivity index (χ0v) is 12.1. The molecule has 0 fully saturated rings. The Kier molecular flexibility index (Phi) is 4.57. The first-order valence-electron chi connectivity index (χ1n) is 6.69. The first kappa shape index (κ1) is 14.6. The van der Waals surface area contributed by atoms with Gasteiger partial charge < -0.3 is 10.6 Å². The highest BCUT2D eigenvalue weighted by molar-refractivity contribution is 5.93. The first-order chi connectivity index (χ1) is 10.1. The SMILES string of the molecule is Cc1cc(C)cc(NC(=O)CNc2ccc(C#N)cc2)c1. The van der Waals surface area contributed by atoms with E-state index >= 15 is 0 Å². The van der Waals surface area contributed by atoms with Gasteiger partial charge in [-0.3, -0.25) is 4.79 Å². The second kappa shape index (κ2) is 6.58. The number of aryl methyl sites for hydroxylation is 2. The Labute approximate surface area is 124 Å². The van der Waals surface area contributed by atoms with Crippen molar-refractivity contribution in [3.63, 3.8) is 0 Å². The number of carbonyl (C=O) groups is 1. The number of amides is 1. The van der Waals surface area contributed by atoms with Gasteiger partial charge in [0.1, 0.15) is 0 Å². The minimum Gasteiger partial charge on any atom is -0.376 e. The molecule has 0 bridgehead atoms. The summed E-state index contributed by atoms with van der Waals surface area (Å²) in [7, 11) is 0. The number of nitriles is 1. The van der Waals surface area contributed by atoms with Crippen molar-refractivity contribution in [2.24, 2.45) is 0 Å². The van der Waals surface area contributed by atoms with E-state index in [0.717, 1.165) is 22.5 Å². The molecule has 2 rings (SSSR count). The highest BCUT2D eigenvalue weighted by atomic mass is 16.1. The third-order valence-electron chi connectivity index (χ3n) is 2.97. The molecule has 1 amide bonds. The number of hydrogen-bond donors (Lipinski definition) is 2. The molecule has 0 saturated carbocycles. The summed E-state index contributed by atoms with van der Waals surface area (Å²) in [5.74, 6) is -0.107. The van der Waals surface area contributed by atoms with Gasteiger partial charge in [0, 0.05) is 11.4 Å². The number of benzene rings is 2. The fourth-order valence-corrected chi connectivity index (χ4v) is 2.10. The Morgan fingerprint density at radius 2 is 1.67 bits per heavy atom. The number of nitrogens with zero attached hydrogens (tertiary/aromatic N) is 1. The predicted octanol–water partition coefficient (Wildman–Crippen LogP) is 3.23. The highest BCUT2D eigenvalue weighted by Crippen LogP contribution is 2.14. The molecule has 4 nitrogen and oxygen atoms in total. The van der Waals surface area contributed by atoms with E-state index in [1.165, 1.54) is 0 Å². The molecule has 21 heavy (non-hydrogen) atoms. The van der Waals surface area contributed by atoms with Gasteiger partial charge >= 0.3 is 0 Å². The molecule has 2 N–H and O–H groups in total. The molecule has 2 aromatic carbocycles. The molecule has 0 aromatic heterocycles. The number of rotatable bonds is 4. The van der Waals surface area contributed by atoms with Crippen LogP contribution in [0, 0.1) is 25.2 Å². The molecule has 0 atom stereocenters. The van der Waals surface area contributed by atoms with Crippen molar-refractivity contribution in [1.82, 2.24) is 0 Å². The van der Waals surface area contributed by atoms with Gasteiger partial charge in [-0.05, 0) is 61.4 Å². The van der Waals surface area contributed by atoms with Gasteiger partial charge in [-0.15, -0.1) is 0 Å². The maximum Gasteiger partial charge on any atom is 0.243 e. The second-order valence-corrected chi connectivity index (χ2v) is 4.97. The van der Waals surface area contributed by atoms with Crippen molar-refractivity contribution in [3.05, 3.63) is 59.2 Å². The standard InChI is InChI=1S/C17H17N3O/c1-12-7-13(2)9-16(8-12)20-17(21)11-19-15-5-3-14(10-18)4-6-15/h3-9,19H,11H2,1-2H3,(H,20,21). The van der Waals surface area contributed by atoms with Crippen LogP contribution in [0.2, 0.25) is 0 Å². The Morgan fingerprint density at radius 1 is 1.05 bits per heavy atom. The van der Waals surface area contributed by atoms with Crippen molar-refractivity contribution in [2.45, 2.75) is 13.8 Å². The van der Waals surface area contributed by atoms with Crippen LogP contribution >= 0.6 is 0 Å². The van der Waals surface area contributed by atoms with Crippen molar-refractivity contribution in [1.29, 1.82) is 5.26 Å². The van der Waals surface area contributed by atoms with Crippen LogP contribution in [-0.2, 0) is 4.79 Å². The zero-order valence-electron chi connectivity index (χ0n) is 12.1. The van der Waals surface area contributed by atoms with Gasteiger partial charge in [0.2, 0.25) is 5.91 Å². The van der Waals surface area contributed by atoms with Crippen LogP contribution in [0.5, 0.6) is 0 Å². The van der Waals surface area contributed by atoms with Crippen molar-refractivity contribution in [2.75, 3.05) is 17.2 Å². The molecule has 0 aliphatic carbocycles. The van der Waals surface area contributed by atoms with E-state index in [2.05, 4.69) is 22.8 Å². The summed E-state index contributed by atoms with van der Waals surface area (Å²) in [5.41, 5.74) is 4.44. The molecule has 2 aromatic rings. The molecule has 0 spiro atoms. The fraction of sp³-hybridized carbons (Fsp3) is 0.176. The van der Waals surface area contributed by atoms with Crippen LogP contribution in [0.1, 0.15) is 16.7 Å². The summed E-state index contributed by atoms with van der Waals surface area (Å²) >= 11 is 0. The lowest BCUT2D eigenvalue weighted by atomic mass is 10.1. The van der Waals surface area contributed by atoms with Gasteiger partial charge in [-0.25, -0.2) is 0 Å². The van der Waals surface area contributed by atoms with E-state index in [0.29, 0.717) is 5.56 Å². The number of carbonyl (C=O) groups excluding carboxylic acids is 1. The van der Waals surface area contributed by atoms with E-state index in [1.54, 1.807) is 24.3 Å². The largest absolute Gasteiger partial charge is 0.376 e. The Bertz CT molecular complexity index is 664. The van der Waals surface area contributed by atoms with Crippen molar-refractivity contribution in [3.8, 4) is 6.07 Å². The summed E-state index contributed by atoms with van der Waals surface area (Å²) in [6, 6.07) is 15.0. The topological polar surface area (TPSA) is 64.9 Å². The molecule has 0 saturated heterocycles. The Morgan fingerprint density at radius 3 is 2.24 bits per heavy atom. The fourth-order valence-electron chi connectivity index (χ4n) is 2.10. The van der Waals surface area contributed by atoms with Gasteiger partial charge in [0.25, 0.3) is 0 Å². The van der Waals surface area contributed by atoms with Crippen molar-refractivity contribution >= 4 is 17.3 Å². The van der Waals surface area contributed by atoms with E-state index in [9.17, 15) is 4.79 Å². The second-order valence-electron chi connectivity index (χ2n) is 4.97. The van der Waals surface area contributed by atoms with Crippen LogP contribution in [0.4, 0.5) is 11.4 Å². The smallest absolute Gasteiger partial charge is 0.243 e. The summed E-state index contributed by atoms with van der Waals surface area (Å²) in [6.07, 6.45) is 0. The molecule has 0 heterocycles. The minimum atomic E-state index is -0.107. The molecule has 0 aliphatic rings. The number of anilines is 2. The predicted molar refractivity (Wildman–Crippen MR) is 84.2 cm³/mol. The van der Waals surface area contributed by atoms with E-state index in [1.807, 2.05) is 26.0 Å². The van der Waals surface area contributed by atoms with Crippen LogP contribution in [-0.4, -0.2) is 12.5 Å². The number of nitrogens with one attached hydrogen (secondary N) is 2. The molecule has 4 heteroatoms. The summed E-state index contributed by atoms with van der Waals surface area (Å²) in [6.45, 7) is 4.17. The Hall–Kier alpha value is -2.80. The van der Waals surface area contributed by atoms with Crippen LogP contribution in [0.3, 0.4) is 0 Å².